The highest BCUT2D eigenvalue weighted by Crippen LogP contribution is 2.28. The molecule has 26 heavy (non-hydrogen) atoms. The first-order valence-electron chi connectivity index (χ1n) is 7.76. The summed E-state index contributed by atoms with van der Waals surface area (Å²) in [6.07, 6.45) is 2.13. The first kappa shape index (κ1) is 18.5. The van der Waals surface area contributed by atoms with Crippen molar-refractivity contribution in [2.75, 3.05) is 5.32 Å². The first-order chi connectivity index (χ1) is 12.1. The average molecular weight is 387 g/mol. The number of fused-ring (bicyclic) bond motifs is 1. The number of aromatic nitrogens is 1. The molecule has 0 fully saturated rings. The summed E-state index contributed by atoms with van der Waals surface area (Å²) in [6.45, 7) is 1.72. The number of benzene rings is 1. The van der Waals surface area contributed by atoms with Crippen molar-refractivity contribution in [2.24, 2.45) is 7.05 Å². The van der Waals surface area contributed by atoms with Crippen molar-refractivity contribution in [2.45, 2.75) is 30.7 Å². The Hall–Kier alpha value is -2.33. The Balaban J connectivity index is 2.01. The van der Waals surface area contributed by atoms with Gasteiger partial charge in [-0.25, -0.2) is 26.3 Å². The van der Waals surface area contributed by atoms with Gasteiger partial charge in [-0.05, 0) is 19.8 Å². The Kier molecular flexibility index (Phi) is 4.57. The van der Waals surface area contributed by atoms with Gasteiger partial charge in [0.05, 0.1) is 0 Å². The number of carbonyl (C=O) groups is 1. The number of hydrogen-bond donors (Lipinski definition) is 2. The largest absolute Gasteiger partial charge is 0.345 e. The van der Waals surface area contributed by atoms with Crippen LogP contribution in [-0.4, -0.2) is 24.9 Å². The zero-order valence-corrected chi connectivity index (χ0v) is 14.8. The third-order valence-corrected chi connectivity index (χ3v) is 5.82. The maximum absolute atomic E-state index is 13.3. The number of anilines is 1. The molecule has 1 atom stereocenters. The van der Waals surface area contributed by atoms with Crippen molar-refractivity contribution in [3.63, 3.8) is 0 Å². The molecule has 0 saturated heterocycles. The molecule has 0 saturated carbocycles. The molecule has 2 aromatic rings. The smallest absolute Gasteiger partial charge is 0.272 e. The van der Waals surface area contributed by atoms with Gasteiger partial charge in [0.1, 0.15) is 10.6 Å². The van der Waals surface area contributed by atoms with Crippen LogP contribution >= 0.6 is 0 Å². The van der Waals surface area contributed by atoms with Crippen LogP contribution in [0.2, 0.25) is 0 Å². The highest BCUT2D eigenvalue weighted by atomic mass is 32.2. The standard InChI is InChI=1S/C16H16F3N3O3S/c1-8-3-4-10-13(26(24,25)21-8)7-22(2)15(10)16(23)20-9-5-11(17)14(19)12(18)6-9/h5-8,21H,3-4H2,1-2H3,(H,20,23). The van der Waals surface area contributed by atoms with Gasteiger partial charge in [0.2, 0.25) is 10.0 Å². The molecule has 0 bridgehead atoms. The lowest BCUT2D eigenvalue weighted by atomic mass is 10.1. The molecule has 140 valence electrons. The predicted octanol–water partition coefficient (Wildman–Crippen LogP) is 2.31. The lowest BCUT2D eigenvalue weighted by molar-refractivity contribution is 0.101. The minimum Gasteiger partial charge on any atom is -0.345 e. The summed E-state index contributed by atoms with van der Waals surface area (Å²) < 4.78 is 68.3. The Morgan fingerprint density at radius 3 is 2.50 bits per heavy atom. The number of carbonyl (C=O) groups excluding carboxylic acids is 1. The molecule has 0 radical (unpaired) electrons. The van der Waals surface area contributed by atoms with E-state index < -0.39 is 33.4 Å². The van der Waals surface area contributed by atoms with Gasteiger partial charge in [-0.1, -0.05) is 0 Å². The molecular weight excluding hydrogens is 371 g/mol. The molecule has 2 heterocycles. The van der Waals surface area contributed by atoms with Gasteiger partial charge >= 0.3 is 0 Å². The van der Waals surface area contributed by atoms with Crippen LogP contribution in [0.25, 0.3) is 0 Å². The SMILES string of the molecule is CC1CCc2c(cn(C)c2C(=O)Nc2cc(F)c(F)c(F)c2)S(=O)(=O)N1. The summed E-state index contributed by atoms with van der Waals surface area (Å²) >= 11 is 0. The van der Waals surface area contributed by atoms with E-state index in [0.29, 0.717) is 30.5 Å². The van der Waals surface area contributed by atoms with Crippen molar-refractivity contribution in [3.8, 4) is 0 Å². The Bertz CT molecular complexity index is 979. The van der Waals surface area contributed by atoms with Crippen molar-refractivity contribution in [3.05, 3.63) is 47.0 Å². The number of nitrogens with one attached hydrogen (secondary N) is 2. The van der Waals surface area contributed by atoms with E-state index in [1.165, 1.54) is 17.8 Å². The number of halogens is 3. The van der Waals surface area contributed by atoms with Gasteiger partial charge in [0.15, 0.2) is 17.5 Å². The highest BCUT2D eigenvalue weighted by Gasteiger charge is 2.31. The van der Waals surface area contributed by atoms with Gasteiger partial charge in [0, 0.05) is 42.7 Å². The Morgan fingerprint density at radius 2 is 1.88 bits per heavy atom. The molecule has 1 amide bonds. The monoisotopic (exact) mass is 387 g/mol. The summed E-state index contributed by atoms with van der Waals surface area (Å²) in [5.41, 5.74) is 0.110. The van der Waals surface area contributed by atoms with E-state index in [2.05, 4.69) is 10.0 Å². The second-order valence-electron chi connectivity index (χ2n) is 6.20. The molecule has 3 rings (SSSR count). The van der Waals surface area contributed by atoms with Crippen LogP contribution in [0.5, 0.6) is 0 Å². The normalized spacial score (nSPS) is 18.9. The molecule has 1 aliphatic rings. The first-order valence-corrected chi connectivity index (χ1v) is 9.25. The van der Waals surface area contributed by atoms with Crippen molar-refractivity contribution in [1.29, 1.82) is 0 Å². The van der Waals surface area contributed by atoms with Gasteiger partial charge in [-0.15, -0.1) is 0 Å². The molecule has 0 aliphatic carbocycles. The number of sulfonamides is 1. The summed E-state index contributed by atoms with van der Waals surface area (Å²) in [6, 6.07) is 1.00. The van der Waals surface area contributed by atoms with E-state index in [0.717, 1.165) is 0 Å². The van der Waals surface area contributed by atoms with Gasteiger partial charge in [-0.3, -0.25) is 4.79 Å². The molecular formula is C16H16F3N3O3S. The minimum absolute atomic E-state index is 0.00836. The van der Waals surface area contributed by atoms with Crippen LogP contribution in [0.3, 0.4) is 0 Å². The lowest BCUT2D eigenvalue weighted by Gasteiger charge is -2.10. The van der Waals surface area contributed by atoms with E-state index in [1.807, 2.05) is 0 Å². The lowest BCUT2D eigenvalue weighted by Crippen LogP contribution is -2.30. The Morgan fingerprint density at radius 1 is 1.27 bits per heavy atom. The third kappa shape index (κ3) is 3.21. The molecule has 1 aromatic heterocycles. The minimum atomic E-state index is -3.78. The fourth-order valence-electron chi connectivity index (χ4n) is 2.98. The van der Waals surface area contributed by atoms with Crippen LogP contribution in [-0.2, 0) is 23.5 Å². The third-order valence-electron chi connectivity index (χ3n) is 4.18. The maximum Gasteiger partial charge on any atom is 0.272 e. The Labute approximate surface area is 148 Å². The number of rotatable bonds is 2. The topological polar surface area (TPSA) is 80.2 Å². The summed E-state index contributed by atoms with van der Waals surface area (Å²) in [5, 5.41) is 2.28. The van der Waals surface area contributed by atoms with Crippen LogP contribution < -0.4 is 10.0 Å². The van der Waals surface area contributed by atoms with Crippen LogP contribution in [0.15, 0.2) is 23.2 Å². The van der Waals surface area contributed by atoms with E-state index in [4.69, 9.17) is 0 Å². The van der Waals surface area contributed by atoms with E-state index in [1.54, 1.807) is 6.92 Å². The molecule has 1 aliphatic heterocycles. The van der Waals surface area contributed by atoms with Crippen LogP contribution in [0.4, 0.5) is 18.9 Å². The van der Waals surface area contributed by atoms with Crippen molar-refractivity contribution >= 4 is 21.6 Å². The van der Waals surface area contributed by atoms with Gasteiger partial charge < -0.3 is 9.88 Å². The average Bonchev–Trinajstić information content (AvgIpc) is 2.82. The van der Waals surface area contributed by atoms with Crippen molar-refractivity contribution < 1.29 is 26.4 Å². The number of amides is 1. The summed E-state index contributed by atoms with van der Waals surface area (Å²) in [4.78, 5) is 12.6. The molecule has 10 heteroatoms. The van der Waals surface area contributed by atoms with E-state index >= 15 is 0 Å². The molecule has 2 N–H and O–H groups in total. The molecule has 0 spiro atoms. The summed E-state index contributed by atoms with van der Waals surface area (Å²) in [7, 11) is -2.28. The molecule has 6 nitrogen and oxygen atoms in total. The second-order valence-corrected chi connectivity index (χ2v) is 7.88. The quantitative estimate of drug-likeness (QED) is 0.776. The fourth-order valence-corrected chi connectivity index (χ4v) is 4.58. The van der Waals surface area contributed by atoms with Gasteiger partial charge in [0.25, 0.3) is 5.91 Å². The van der Waals surface area contributed by atoms with Crippen LogP contribution in [0.1, 0.15) is 29.4 Å². The number of aryl methyl sites for hydroxylation is 1. The second kappa shape index (κ2) is 6.44. The zero-order chi connectivity index (χ0) is 19.2. The van der Waals surface area contributed by atoms with Crippen molar-refractivity contribution in [1.82, 2.24) is 9.29 Å². The van der Waals surface area contributed by atoms with E-state index in [9.17, 15) is 26.4 Å². The summed E-state index contributed by atoms with van der Waals surface area (Å²) in [5.74, 6) is -5.26. The molecule has 1 aromatic carbocycles. The van der Waals surface area contributed by atoms with E-state index in [-0.39, 0.29) is 22.3 Å². The highest BCUT2D eigenvalue weighted by molar-refractivity contribution is 7.89. The fraction of sp³-hybridized carbons (Fsp3) is 0.312. The number of hydrogen-bond acceptors (Lipinski definition) is 3. The van der Waals surface area contributed by atoms with Gasteiger partial charge in [-0.2, -0.15) is 0 Å². The maximum atomic E-state index is 13.3. The van der Waals surface area contributed by atoms with Crippen LogP contribution in [0, 0.1) is 17.5 Å². The molecule has 1 unspecified atom stereocenters. The predicted molar refractivity (Wildman–Crippen MR) is 87.8 cm³/mol. The zero-order valence-electron chi connectivity index (χ0n) is 13.9. The number of nitrogens with zero attached hydrogens (tertiary/aromatic N) is 1.